The van der Waals surface area contributed by atoms with Crippen LogP contribution in [0, 0.1) is 0 Å². The monoisotopic (exact) mass is 310 g/mol. The van der Waals surface area contributed by atoms with Gasteiger partial charge in [-0.2, -0.15) is 0 Å². The molecule has 116 valence electrons. The van der Waals surface area contributed by atoms with Crippen molar-refractivity contribution in [1.82, 2.24) is 4.90 Å². The number of amides is 1. The van der Waals surface area contributed by atoms with Crippen LogP contribution in [0.3, 0.4) is 0 Å². The summed E-state index contributed by atoms with van der Waals surface area (Å²) < 4.78 is 5.33. The van der Waals surface area contributed by atoms with E-state index in [1.165, 1.54) is 11.8 Å². The summed E-state index contributed by atoms with van der Waals surface area (Å²) in [5.74, 6) is 0. The lowest BCUT2D eigenvalue weighted by Gasteiger charge is -2.24. The first-order valence-corrected chi connectivity index (χ1v) is 7.81. The number of hydrogen-bond acceptors (Lipinski definition) is 5. The molecule has 6 heteroatoms. The largest absolute Gasteiger partial charge is 0.444 e. The molecule has 3 N–H and O–H groups in total. The van der Waals surface area contributed by atoms with Crippen LogP contribution in [0.4, 0.5) is 10.5 Å². The van der Waals surface area contributed by atoms with E-state index in [4.69, 9.17) is 10.5 Å². The van der Waals surface area contributed by atoms with E-state index in [9.17, 15) is 9.90 Å². The highest BCUT2D eigenvalue weighted by Gasteiger charge is 2.36. The van der Waals surface area contributed by atoms with E-state index in [1.54, 1.807) is 4.90 Å². The number of aliphatic hydroxyl groups excluding tert-OH is 1. The SMILES string of the molecule is CC(C)(C)OC(=O)N1C[C@@H](O)[C@H](Sc2ccccc2N)C1. The van der Waals surface area contributed by atoms with Gasteiger partial charge in [-0.25, -0.2) is 4.79 Å². The molecule has 2 atom stereocenters. The Hall–Kier alpha value is -1.40. The van der Waals surface area contributed by atoms with Crippen LogP contribution in [0.2, 0.25) is 0 Å². The van der Waals surface area contributed by atoms with Gasteiger partial charge in [0.1, 0.15) is 5.60 Å². The predicted octanol–water partition coefficient (Wildman–Crippen LogP) is 2.34. The normalized spacial score (nSPS) is 22.4. The van der Waals surface area contributed by atoms with Crippen molar-refractivity contribution in [3.05, 3.63) is 24.3 Å². The molecular formula is C15H22N2O3S. The molecule has 0 spiro atoms. The van der Waals surface area contributed by atoms with E-state index in [2.05, 4.69) is 0 Å². The lowest BCUT2D eigenvalue weighted by molar-refractivity contribution is 0.0270. The second-order valence-electron chi connectivity index (χ2n) is 6.15. The number of anilines is 1. The van der Waals surface area contributed by atoms with Gasteiger partial charge in [0.25, 0.3) is 0 Å². The van der Waals surface area contributed by atoms with Crippen LogP contribution in [0.5, 0.6) is 0 Å². The molecule has 5 nitrogen and oxygen atoms in total. The Balaban J connectivity index is 1.98. The van der Waals surface area contributed by atoms with E-state index < -0.39 is 11.7 Å². The summed E-state index contributed by atoms with van der Waals surface area (Å²) >= 11 is 1.50. The number of nitrogens with zero attached hydrogens (tertiary/aromatic N) is 1. The zero-order valence-corrected chi connectivity index (χ0v) is 13.4. The molecule has 1 fully saturated rings. The van der Waals surface area contributed by atoms with E-state index in [1.807, 2.05) is 45.0 Å². The highest BCUT2D eigenvalue weighted by atomic mass is 32.2. The van der Waals surface area contributed by atoms with Crippen LogP contribution in [-0.2, 0) is 4.74 Å². The minimum absolute atomic E-state index is 0.0952. The summed E-state index contributed by atoms with van der Waals surface area (Å²) in [4.78, 5) is 14.5. The molecule has 0 bridgehead atoms. The van der Waals surface area contributed by atoms with Crippen LogP contribution in [0.1, 0.15) is 20.8 Å². The van der Waals surface area contributed by atoms with Crippen molar-refractivity contribution in [3.63, 3.8) is 0 Å². The van der Waals surface area contributed by atoms with Crippen molar-refractivity contribution in [2.45, 2.75) is 42.6 Å². The number of likely N-dealkylation sites (tertiary alicyclic amines) is 1. The quantitative estimate of drug-likeness (QED) is 0.820. The van der Waals surface area contributed by atoms with Gasteiger partial charge in [-0.05, 0) is 32.9 Å². The zero-order chi connectivity index (χ0) is 15.6. The van der Waals surface area contributed by atoms with Crippen LogP contribution in [0.15, 0.2) is 29.2 Å². The number of carbonyl (C=O) groups is 1. The average Bonchev–Trinajstić information content (AvgIpc) is 2.72. The molecule has 0 aromatic heterocycles. The van der Waals surface area contributed by atoms with Crippen molar-refractivity contribution in [2.24, 2.45) is 0 Å². The van der Waals surface area contributed by atoms with Gasteiger partial charge < -0.3 is 20.5 Å². The number of nitrogen functional groups attached to an aromatic ring is 1. The Morgan fingerprint density at radius 1 is 1.38 bits per heavy atom. The van der Waals surface area contributed by atoms with Gasteiger partial charge in [0.05, 0.1) is 17.9 Å². The molecule has 1 aliphatic rings. The Kier molecular flexibility index (Phi) is 4.68. The van der Waals surface area contributed by atoms with Crippen molar-refractivity contribution in [2.75, 3.05) is 18.8 Å². The summed E-state index contributed by atoms with van der Waals surface area (Å²) in [6.45, 7) is 6.23. The average molecular weight is 310 g/mol. The maximum atomic E-state index is 12.0. The van der Waals surface area contributed by atoms with E-state index in [0.717, 1.165) is 4.90 Å². The maximum absolute atomic E-state index is 12.0. The third-order valence-corrected chi connectivity index (χ3v) is 4.48. The number of aliphatic hydroxyl groups is 1. The van der Waals surface area contributed by atoms with Crippen molar-refractivity contribution >= 4 is 23.5 Å². The van der Waals surface area contributed by atoms with Gasteiger partial charge in [0.2, 0.25) is 0 Å². The molecule has 2 rings (SSSR count). The predicted molar refractivity (Wildman–Crippen MR) is 84.3 cm³/mol. The summed E-state index contributed by atoms with van der Waals surface area (Å²) in [6, 6.07) is 7.53. The number of β-amino-alcohol motifs (C(OH)–C–C–N with tert-alkyl or cyclic N) is 1. The second-order valence-corrected chi connectivity index (χ2v) is 7.43. The standard InChI is InChI=1S/C15H22N2O3S/c1-15(2,3)20-14(19)17-8-11(18)13(9-17)21-12-7-5-4-6-10(12)16/h4-7,11,13,18H,8-9,16H2,1-3H3/t11-,13-/m1/s1. The Morgan fingerprint density at radius 3 is 2.67 bits per heavy atom. The number of ether oxygens (including phenoxy) is 1. The lowest BCUT2D eigenvalue weighted by Crippen LogP contribution is -2.35. The third-order valence-electron chi connectivity index (χ3n) is 3.09. The van der Waals surface area contributed by atoms with Crippen LogP contribution in [-0.4, -0.2) is 46.1 Å². The molecule has 1 aliphatic heterocycles. The summed E-state index contributed by atoms with van der Waals surface area (Å²) in [6.07, 6.45) is -0.965. The first-order chi connectivity index (χ1) is 9.76. The number of rotatable bonds is 2. The highest BCUT2D eigenvalue weighted by Crippen LogP contribution is 2.33. The van der Waals surface area contributed by atoms with Gasteiger partial charge >= 0.3 is 6.09 Å². The van der Waals surface area contributed by atoms with Gasteiger partial charge in [-0.1, -0.05) is 12.1 Å². The number of thioether (sulfide) groups is 1. The van der Waals surface area contributed by atoms with Gasteiger partial charge in [-0.15, -0.1) is 11.8 Å². The van der Waals surface area contributed by atoms with Gasteiger partial charge in [-0.3, -0.25) is 0 Å². The highest BCUT2D eigenvalue weighted by molar-refractivity contribution is 8.00. The fourth-order valence-corrected chi connectivity index (χ4v) is 3.28. The molecule has 0 radical (unpaired) electrons. The van der Waals surface area contributed by atoms with Crippen LogP contribution < -0.4 is 5.73 Å². The molecule has 0 saturated carbocycles. The summed E-state index contributed by atoms with van der Waals surface area (Å²) in [7, 11) is 0. The molecule has 0 aliphatic carbocycles. The van der Waals surface area contributed by atoms with E-state index in [0.29, 0.717) is 18.8 Å². The topological polar surface area (TPSA) is 75.8 Å². The molecular weight excluding hydrogens is 288 g/mol. The molecule has 1 amide bonds. The first kappa shape index (κ1) is 16.0. The second kappa shape index (κ2) is 6.15. The lowest BCUT2D eigenvalue weighted by atomic mass is 10.2. The smallest absolute Gasteiger partial charge is 0.410 e. The number of carbonyl (C=O) groups excluding carboxylic acids is 1. The molecule has 0 unspecified atom stereocenters. The van der Waals surface area contributed by atoms with Crippen molar-refractivity contribution in [1.29, 1.82) is 0 Å². The fraction of sp³-hybridized carbons (Fsp3) is 0.533. The third kappa shape index (κ3) is 4.28. The van der Waals surface area contributed by atoms with Gasteiger partial charge in [0, 0.05) is 17.1 Å². The zero-order valence-electron chi connectivity index (χ0n) is 12.6. The minimum Gasteiger partial charge on any atom is -0.444 e. The number of benzene rings is 1. The molecule has 1 heterocycles. The Labute approximate surface area is 129 Å². The van der Waals surface area contributed by atoms with Gasteiger partial charge in [0.15, 0.2) is 0 Å². The Morgan fingerprint density at radius 2 is 2.05 bits per heavy atom. The molecule has 1 aromatic rings. The fourth-order valence-electron chi connectivity index (χ4n) is 2.10. The summed E-state index contributed by atoms with van der Waals surface area (Å²) in [5, 5.41) is 10.1. The molecule has 1 aromatic carbocycles. The van der Waals surface area contributed by atoms with E-state index >= 15 is 0 Å². The molecule has 1 saturated heterocycles. The van der Waals surface area contributed by atoms with Crippen molar-refractivity contribution in [3.8, 4) is 0 Å². The van der Waals surface area contributed by atoms with Crippen LogP contribution >= 0.6 is 11.8 Å². The number of para-hydroxylation sites is 1. The number of nitrogens with two attached hydrogens (primary N) is 1. The summed E-state index contributed by atoms with van der Waals surface area (Å²) in [5.41, 5.74) is 6.07. The first-order valence-electron chi connectivity index (χ1n) is 6.93. The van der Waals surface area contributed by atoms with Crippen LogP contribution in [0.25, 0.3) is 0 Å². The van der Waals surface area contributed by atoms with Crippen molar-refractivity contribution < 1.29 is 14.6 Å². The van der Waals surface area contributed by atoms with E-state index in [-0.39, 0.29) is 11.3 Å². The maximum Gasteiger partial charge on any atom is 0.410 e. The number of hydrogen-bond donors (Lipinski definition) is 2. The Bertz CT molecular complexity index is 516. The minimum atomic E-state index is -0.581. The molecule has 21 heavy (non-hydrogen) atoms.